The molecule has 2 heterocycles. The summed E-state index contributed by atoms with van der Waals surface area (Å²) >= 11 is 0. The number of nitrogens with zero attached hydrogens (tertiary/aromatic N) is 3. The molecule has 0 aliphatic heterocycles. The Labute approximate surface area is 202 Å². The van der Waals surface area contributed by atoms with Gasteiger partial charge in [0.15, 0.2) is 0 Å². The van der Waals surface area contributed by atoms with Crippen molar-refractivity contribution in [2.24, 2.45) is 0 Å². The SMILES string of the molecule is COc1ccc(F)cc1C(=O)NCc1ccc(-c2nn(C(C)C(F)(F)F)c(N)c2C#N)c2cc[nH]c12. The van der Waals surface area contributed by atoms with Gasteiger partial charge < -0.3 is 20.8 Å². The van der Waals surface area contributed by atoms with Crippen molar-refractivity contribution in [1.82, 2.24) is 20.1 Å². The summed E-state index contributed by atoms with van der Waals surface area (Å²) in [6.07, 6.45) is -3.00. The Morgan fingerprint density at radius 1 is 1.31 bits per heavy atom. The monoisotopic (exact) mass is 500 g/mol. The highest BCUT2D eigenvalue weighted by molar-refractivity contribution is 5.99. The van der Waals surface area contributed by atoms with Crippen molar-refractivity contribution in [3.63, 3.8) is 0 Å². The second kappa shape index (κ2) is 9.26. The van der Waals surface area contributed by atoms with Crippen LogP contribution in [-0.2, 0) is 6.54 Å². The first kappa shape index (κ1) is 24.6. The number of aromatic amines is 1. The molecular weight excluding hydrogens is 480 g/mol. The molecule has 1 amide bonds. The average molecular weight is 500 g/mol. The standard InChI is InChI=1S/C24H20F4N6O2/c1-12(24(26,27)28)34-22(30)18(10-29)21(33-34)15-5-3-13(20-16(15)7-8-31-20)11-32-23(35)17-9-14(25)4-6-19(17)36-2/h3-9,12,31H,11,30H2,1-2H3,(H,32,35). The number of carbonyl (C=O) groups excluding carboxylic acids is 1. The van der Waals surface area contributed by atoms with E-state index in [4.69, 9.17) is 10.5 Å². The van der Waals surface area contributed by atoms with Gasteiger partial charge in [0.25, 0.3) is 5.91 Å². The molecule has 2 aromatic carbocycles. The van der Waals surface area contributed by atoms with Gasteiger partial charge >= 0.3 is 6.18 Å². The predicted octanol–water partition coefficient (Wildman–Crippen LogP) is 4.69. The maximum atomic E-state index is 13.6. The number of halogens is 4. The van der Waals surface area contributed by atoms with Gasteiger partial charge in [-0.25, -0.2) is 9.07 Å². The zero-order valence-electron chi connectivity index (χ0n) is 19.1. The Bertz CT molecular complexity index is 1500. The van der Waals surface area contributed by atoms with Crippen molar-refractivity contribution < 1.29 is 27.1 Å². The first-order valence-electron chi connectivity index (χ1n) is 10.6. The highest BCUT2D eigenvalue weighted by Crippen LogP contribution is 2.38. The third-order valence-electron chi connectivity index (χ3n) is 5.81. The van der Waals surface area contributed by atoms with Crippen molar-refractivity contribution in [3.05, 3.63) is 65.1 Å². The highest BCUT2D eigenvalue weighted by atomic mass is 19.4. The summed E-state index contributed by atoms with van der Waals surface area (Å²) in [6, 6.07) is 8.31. The Hall–Kier alpha value is -4.53. The number of hydrogen-bond donors (Lipinski definition) is 3. The maximum Gasteiger partial charge on any atom is 0.410 e. The largest absolute Gasteiger partial charge is 0.496 e. The second-order valence-corrected chi connectivity index (χ2v) is 7.95. The van der Waals surface area contributed by atoms with Crippen LogP contribution in [0.3, 0.4) is 0 Å². The molecule has 0 spiro atoms. The van der Waals surface area contributed by atoms with E-state index in [1.54, 1.807) is 24.4 Å². The summed E-state index contributed by atoms with van der Waals surface area (Å²) in [6.45, 7) is 0.947. The zero-order valence-corrected chi connectivity index (χ0v) is 19.1. The highest BCUT2D eigenvalue weighted by Gasteiger charge is 2.40. The number of rotatable bonds is 6. The number of aromatic nitrogens is 3. The van der Waals surface area contributed by atoms with Gasteiger partial charge in [-0.15, -0.1) is 0 Å². The van der Waals surface area contributed by atoms with E-state index in [1.807, 2.05) is 6.07 Å². The quantitative estimate of drug-likeness (QED) is 0.332. The van der Waals surface area contributed by atoms with Crippen LogP contribution >= 0.6 is 0 Å². The molecule has 1 atom stereocenters. The van der Waals surface area contributed by atoms with Crippen molar-refractivity contribution in [2.45, 2.75) is 25.7 Å². The number of fused-ring (bicyclic) bond motifs is 1. The summed E-state index contributed by atoms with van der Waals surface area (Å²) in [5.74, 6) is -1.33. The van der Waals surface area contributed by atoms with Gasteiger partial charge in [-0.05, 0) is 36.8 Å². The molecule has 12 heteroatoms. The van der Waals surface area contributed by atoms with Crippen LogP contribution < -0.4 is 15.8 Å². The van der Waals surface area contributed by atoms with Crippen LogP contribution in [0.25, 0.3) is 22.2 Å². The fourth-order valence-electron chi connectivity index (χ4n) is 3.88. The lowest BCUT2D eigenvalue weighted by molar-refractivity contribution is -0.164. The number of hydrogen-bond acceptors (Lipinski definition) is 5. The number of amides is 1. The first-order chi connectivity index (χ1) is 17.1. The van der Waals surface area contributed by atoms with Crippen LogP contribution in [0.2, 0.25) is 0 Å². The lowest BCUT2D eigenvalue weighted by Crippen LogP contribution is -2.25. The Balaban J connectivity index is 1.69. The molecule has 0 radical (unpaired) electrons. The fraction of sp³-hybridized carbons (Fsp3) is 0.208. The number of H-pyrrole nitrogens is 1. The minimum Gasteiger partial charge on any atom is -0.496 e. The lowest BCUT2D eigenvalue weighted by atomic mass is 10.0. The third kappa shape index (κ3) is 4.31. The molecule has 186 valence electrons. The van der Waals surface area contributed by atoms with E-state index in [2.05, 4.69) is 15.4 Å². The molecule has 0 bridgehead atoms. The van der Waals surface area contributed by atoms with Gasteiger partial charge in [0.2, 0.25) is 0 Å². The second-order valence-electron chi connectivity index (χ2n) is 7.95. The molecule has 4 rings (SSSR count). The summed E-state index contributed by atoms with van der Waals surface area (Å²) in [4.78, 5) is 15.7. The zero-order chi connectivity index (χ0) is 26.2. The Kier molecular flexibility index (Phi) is 6.32. The number of carbonyl (C=O) groups is 1. The van der Waals surface area contributed by atoms with E-state index in [-0.39, 0.29) is 34.9 Å². The number of alkyl halides is 3. The Morgan fingerprint density at radius 2 is 2.06 bits per heavy atom. The number of ether oxygens (including phenoxy) is 1. The number of methoxy groups -OCH3 is 1. The number of benzene rings is 2. The van der Waals surface area contributed by atoms with E-state index in [9.17, 15) is 27.6 Å². The smallest absolute Gasteiger partial charge is 0.410 e. The van der Waals surface area contributed by atoms with Crippen LogP contribution in [0, 0.1) is 17.1 Å². The van der Waals surface area contributed by atoms with Crippen LogP contribution in [0.1, 0.15) is 34.5 Å². The van der Waals surface area contributed by atoms with Gasteiger partial charge in [0, 0.05) is 23.7 Å². The van der Waals surface area contributed by atoms with Crippen molar-refractivity contribution in [2.75, 3.05) is 12.8 Å². The summed E-state index contributed by atoms with van der Waals surface area (Å²) in [5.41, 5.74) is 7.31. The maximum absolute atomic E-state index is 13.6. The minimum absolute atomic E-state index is 0.00998. The number of nitriles is 1. The summed E-state index contributed by atoms with van der Waals surface area (Å²) < 4.78 is 59.2. The molecule has 0 saturated carbocycles. The normalized spacial score (nSPS) is 12.4. The third-order valence-corrected chi connectivity index (χ3v) is 5.81. The van der Waals surface area contributed by atoms with Crippen molar-refractivity contribution in [3.8, 4) is 23.1 Å². The molecule has 0 fully saturated rings. The summed E-state index contributed by atoms with van der Waals surface area (Å²) in [7, 11) is 1.37. The minimum atomic E-state index is -4.61. The number of nitrogens with one attached hydrogen (secondary N) is 2. The van der Waals surface area contributed by atoms with E-state index in [0.29, 0.717) is 26.7 Å². The van der Waals surface area contributed by atoms with E-state index in [1.165, 1.54) is 19.2 Å². The molecule has 0 aliphatic carbocycles. The van der Waals surface area contributed by atoms with Gasteiger partial charge in [-0.3, -0.25) is 4.79 Å². The van der Waals surface area contributed by atoms with Gasteiger partial charge in [0.05, 0.1) is 18.2 Å². The van der Waals surface area contributed by atoms with E-state index < -0.39 is 23.9 Å². The molecule has 4 N–H and O–H groups in total. The molecule has 0 saturated heterocycles. The van der Waals surface area contributed by atoms with Crippen LogP contribution in [0.4, 0.5) is 23.4 Å². The fourth-order valence-corrected chi connectivity index (χ4v) is 3.88. The molecule has 8 nitrogen and oxygen atoms in total. The molecule has 36 heavy (non-hydrogen) atoms. The van der Waals surface area contributed by atoms with Crippen molar-refractivity contribution in [1.29, 1.82) is 5.26 Å². The predicted molar refractivity (Wildman–Crippen MR) is 124 cm³/mol. The molecule has 1 unspecified atom stereocenters. The van der Waals surface area contributed by atoms with Crippen LogP contribution in [0.5, 0.6) is 5.75 Å². The van der Waals surface area contributed by atoms with Gasteiger partial charge in [-0.1, -0.05) is 12.1 Å². The lowest BCUT2D eigenvalue weighted by Gasteiger charge is -2.17. The topological polar surface area (TPSA) is 122 Å². The Morgan fingerprint density at radius 3 is 2.72 bits per heavy atom. The van der Waals surface area contributed by atoms with Crippen LogP contribution in [-0.4, -0.2) is 34.0 Å². The van der Waals surface area contributed by atoms with Gasteiger partial charge in [-0.2, -0.15) is 23.5 Å². The first-order valence-corrected chi connectivity index (χ1v) is 10.6. The number of nitrogen functional groups attached to an aromatic ring is 1. The molecule has 2 aromatic heterocycles. The van der Waals surface area contributed by atoms with Gasteiger partial charge in [0.1, 0.15) is 40.8 Å². The summed E-state index contributed by atoms with van der Waals surface area (Å²) in [5, 5.41) is 16.9. The molecular formula is C24H20F4N6O2. The van der Waals surface area contributed by atoms with Crippen LogP contribution in [0.15, 0.2) is 42.6 Å². The number of nitrogens with two attached hydrogens (primary N) is 1. The molecule has 4 aromatic rings. The number of anilines is 1. The van der Waals surface area contributed by atoms with Crippen molar-refractivity contribution >= 4 is 22.6 Å². The average Bonchev–Trinajstić information content (AvgIpc) is 3.46. The van der Waals surface area contributed by atoms with E-state index in [0.717, 1.165) is 13.0 Å². The van der Waals surface area contributed by atoms with E-state index >= 15 is 0 Å². The molecule has 0 aliphatic rings.